The van der Waals surface area contributed by atoms with Gasteiger partial charge in [-0.05, 0) is 71.4 Å². The van der Waals surface area contributed by atoms with Gasteiger partial charge < -0.3 is 10.1 Å². The highest BCUT2D eigenvalue weighted by molar-refractivity contribution is 7.12. The summed E-state index contributed by atoms with van der Waals surface area (Å²) >= 11 is 1.56. The Labute approximate surface area is 158 Å². The zero-order valence-corrected chi connectivity index (χ0v) is 15.9. The quantitative estimate of drug-likeness (QED) is 0.306. The zero-order chi connectivity index (χ0) is 18.2. The van der Waals surface area contributed by atoms with Crippen LogP contribution < -0.4 is 14.6 Å². The summed E-state index contributed by atoms with van der Waals surface area (Å²) in [4.78, 5) is 0. The third-order valence-electron chi connectivity index (χ3n) is 3.79. The van der Waals surface area contributed by atoms with E-state index in [9.17, 15) is 0 Å². The minimum Gasteiger partial charge on any atom is -0.494 e. The number of hydrogen-bond donors (Lipinski definition) is 1. The van der Waals surface area contributed by atoms with Crippen LogP contribution in [-0.2, 0) is 7.05 Å². The topological polar surface area (TPSA) is 49.9 Å². The number of unbranched alkanes of at least 4 members (excludes halogenated alkanes) is 1. The second-order valence-electron chi connectivity index (χ2n) is 5.89. The molecule has 1 heterocycles. The molecule has 0 aliphatic heterocycles. The highest BCUT2D eigenvalue weighted by Gasteiger charge is 2.07. The van der Waals surface area contributed by atoms with Crippen molar-refractivity contribution in [1.29, 1.82) is 0 Å². The van der Waals surface area contributed by atoms with E-state index in [1.165, 1.54) is 0 Å². The summed E-state index contributed by atoms with van der Waals surface area (Å²) in [6.07, 6.45) is 4.18. The minimum absolute atomic E-state index is 0.767. The van der Waals surface area contributed by atoms with Gasteiger partial charge in [0.15, 0.2) is 0 Å². The maximum absolute atomic E-state index is 5.68. The molecule has 0 fully saturated rings. The molecule has 0 aliphatic rings. The monoisotopic (exact) mass is 367 g/mol. The summed E-state index contributed by atoms with van der Waals surface area (Å²) in [6.45, 7) is 2.92. The number of nitrogens with one attached hydrogen (secondary N) is 1. The van der Waals surface area contributed by atoms with Crippen molar-refractivity contribution >= 4 is 33.5 Å². The Morgan fingerprint density at radius 3 is 2.31 bits per heavy atom. The number of nitrogens with zero attached hydrogens (tertiary/aromatic N) is 3. The molecule has 134 valence electrons. The molecule has 1 aromatic heterocycles. The number of anilines is 2. The summed E-state index contributed by atoms with van der Waals surface area (Å²) in [5.74, 6) is 0.904. The first-order valence-corrected chi connectivity index (χ1v) is 9.57. The molecule has 26 heavy (non-hydrogen) atoms. The van der Waals surface area contributed by atoms with Crippen LogP contribution in [0.2, 0.25) is 0 Å². The van der Waals surface area contributed by atoms with Crippen LogP contribution in [0.15, 0.2) is 70.3 Å². The molecule has 0 bridgehead atoms. The van der Waals surface area contributed by atoms with Crippen molar-refractivity contribution in [2.75, 3.05) is 11.9 Å². The van der Waals surface area contributed by atoms with Crippen LogP contribution in [0.25, 0.3) is 0 Å². The van der Waals surface area contributed by atoms with E-state index in [4.69, 9.17) is 4.74 Å². The molecule has 3 rings (SSSR count). The van der Waals surface area contributed by atoms with Crippen LogP contribution in [0.3, 0.4) is 0 Å². The number of thiazole rings is 1. The van der Waals surface area contributed by atoms with E-state index in [1.54, 1.807) is 11.3 Å². The Balaban J connectivity index is 1.57. The van der Waals surface area contributed by atoms with Gasteiger partial charge in [-0.15, -0.1) is 0 Å². The number of rotatable bonds is 8. The van der Waals surface area contributed by atoms with Crippen molar-refractivity contribution in [3.63, 3.8) is 0 Å². The molecular formula is C20H23N4OS+. The number of hydrogen-bond acceptors (Lipinski definition) is 5. The van der Waals surface area contributed by atoms with Crippen molar-refractivity contribution < 1.29 is 9.30 Å². The van der Waals surface area contributed by atoms with Gasteiger partial charge in [-0.2, -0.15) is 0 Å². The fourth-order valence-electron chi connectivity index (χ4n) is 2.27. The first-order chi connectivity index (χ1) is 12.7. The molecule has 3 aromatic rings. The van der Waals surface area contributed by atoms with E-state index >= 15 is 0 Å². The van der Waals surface area contributed by atoms with Crippen molar-refractivity contribution in [3.8, 4) is 5.75 Å². The van der Waals surface area contributed by atoms with E-state index in [0.29, 0.717) is 0 Å². The van der Waals surface area contributed by atoms with Crippen LogP contribution in [0.4, 0.5) is 22.2 Å². The average Bonchev–Trinajstić information content (AvgIpc) is 3.08. The molecule has 0 unspecified atom stereocenters. The Morgan fingerprint density at radius 1 is 1.00 bits per heavy atom. The second kappa shape index (κ2) is 9.10. The fraction of sp³-hybridized carbons (Fsp3) is 0.250. The van der Waals surface area contributed by atoms with E-state index in [1.807, 2.05) is 71.7 Å². The van der Waals surface area contributed by atoms with Gasteiger partial charge in [-0.1, -0.05) is 13.3 Å². The molecule has 5 nitrogen and oxygen atoms in total. The van der Waals surface area contributed by atoms with Gasteiger partial charge in [0.2, 0.25) is 0 Å². The van der Waals surface area contributed by atoms with Crippen molar-refractivity contribution in [2.45, 2.75) is 19.8 Å². The molecule has 0 saturated heterocycles. The lowest BCUT2D eigenvalue weighted by Crippen LogP contribution is -2.23. The molecule has 1 N–H and O–H groups in total. The molecule has 0 amide bonds. The van der Waals surface area contributed by atoms with Gasteiger partial charge >= 0.3 is 5.13 Å². The summed E-state index contributed by atoms with van der Waals surface area (Å²) in [7, 11) is 1.96. The van der Waals surface area contributed by atoms with Gasteiger partial charge in [-0.3, -0.25) is 0 Å². The van der Waals surface area contributed by atoms with Crippen LogP contribution in [0.5, 0.6) is 5.75 Å². The summed E-state index contributed by atoms with van der Waals surface area (Å²) < 4.78 is 7.63. The average molecular weight is 367 g/mol. The van der Waals surface area contributed by atoms with Crippen LogP contribution in [0, 0.1) is 0 Å². The third kappa shape index (κ3) is 5.13. The summed E-state index contributed by atoms with van der Waals surface area (Å²) in [6, 6.07) is 15.9. The Bertz CT molecular complexity index is 841. The highest BCUT2D eigenvalue weighted by atomic mass is 32.1. The lowest BCUT2D eigenvalue weighted by molar-refractivity contribution is -0.654. The third-order valence-corrected chi connectivity index (χ3v) is 4.63. The number of benzene rings is 2. The summed E-state index contributed by atoms with van der Waals surface area (Å²) in [5.41, 5.74) is 2.85. The standard InChI is InChI=1S/C20H22N4OS/c1-3-4-14-25-19-11-9-17(10-12-19)21-16-5-7-18(8-6-16)22-23-20-24(2)13-15-26-20/h5-13,15H,3-4,14H2,1-2H3/p+1. The predicted molar refractivity (Wildman–Crippen MR) is 106 cm³/mol. The highest BCUT2D eigenvalue weighted by Crippen LogP contribution is 2.24. The van der Waals surface area contributed by atoms with Crippen molar-refractivity contribution in [2.24, 2.45) is 17.3 Å². The first-order valence-electron chi connectivity index (χ1n) is 8.69. The molecule has 6 heteroatoms. The normalized spacial score (nSPS) is 11.0. The molecule has 0 spiro atoms. The SMILES string of the molecule is CCCCOc1ccc(Nc2ccc(N=Nc3scc[n+]3C)cc2)cc1. The fourth-order valence-corrected chi connectivity index (χ4v) is 2.95. The lowest BCUT2D eigenvalue weighted by atomic mass is 10.2. The molecular weight excluding hydrogens is 344 g/mol. The van der Waals surface area contributed by atoms with Crippen molar-refractivity contribution in [1.82, 2.24) is 0 Å². The van der Waals surface area contributed by atoms with Gasteiger partial charge in [0.1, 0.15) is 17.6 Å². The largest absolute Gasteiger partial charge is 0.494 e. The predicted octanol–water partition coefficient (Wildman–Crippen LogP) is 5.91. The molecule has 0 aliphatic carbocycles. The number of aromatic nitrogens is 1. The second-order valence-corrected chi connectivity index (χ2v) is 6.77. The smallest absolute Gasteiger partial charge is 0.408 e. The van der Waals surface area contributed by atoms with Crippen LogP contribution in [-0.4, -0.2) is 6.61 Å². The number of ether oxygens (including phenoxy) is 1. The van der Waals surface area contributed by atoms with Crippen LogP contribution in [0.1, 0.15) is 19.8 Å². The zero-order valence-electron chi connectivity index (χ0n) is 15.1. The number of azo groups is 1. The minimum atomic E-state index is 0.767. The lowest BCUT2D eigenvalue weighted by Gasteiger charge is -2.08. The van der Waals surface area contributed by atoms with Crippen molar-refractivity contribution in [3.05, 3.63) is 60.1 Å². The first kappa shape index (κ1) is 18.1. The van der Waals surface area contributed by atoms with E-state index in [0.717, 1.165) is 47.4 Å². The van der Waals surface area contributed by atoms with Gasteiger partial charge in [0.25, 0.3) is 0 Å². The van der Waals surface area contributed by atoms with Crippen LogP contribution >= 0.6 is 11.3 Å². The Hall–Kier alpha value is -2.73. The maximum atomic E-state index is 5.68. The molecule has 2 aromatic carbocycles. The Morgan fingerprint density at radius 2 is 1.69 bits per heavy atom. The van der Waals surface area contributed by atoms with Gasteiger partial charge in [0, 0.05) is 16.8 Å². The molecule has 0 atom stereocenters. The Kier molecular flexibility index (Phi) is 6.33. The van der Waals surface area contributed by atoms with E-state index in [2.05, 4.69) is 22.5 Å². The van der Waals surface area contributed by atoms with Gasteiger partial charge in [0.05, 0.1) is 18.8 Å². The van der Waals surface area contributed by atoms with E-state index < -0.39 is 0 Å². The molecule has 0 saturated carbocycles. The van der Waals surface area contributed by atoms with E-state index in [-0.39, 0.29) is 0 Å². The number of aryl methyl sites for hydroxylation is 1. The molecule has 0 radical (unpaired) electrons. The summed E-state index contributed by atoms with van der Waals surface area (Å²) in [5, 5.41) is 14.8. The van der Waals surface area contributed by atoms with Gasteiger partial charge in [-0.25, -0.2) is 4.57 Å². The maximum Gasteiger partial charge on any atom is 0.408 e.